The fourth-order valence-corrected chi connectivity index (χ4v) is 3.48. The summed E-state index contributed by atoms with van der Waals surface area (Å²) >= 11 is 0. The molecule has 2 heterocycles. The maximum Gasteiger partial charge on any atom is 0.322 e. The maximum absolute atomic E-state index is 12.6. The Bertz CT molecular complexity index is 1040. The summed E-state index contributed by atoms with van der Waals surface area (Å²) < 4.78 is 5.30. The Morgan fingerprint density at radius 2 is 2.04 bits per heavy atom. The highest BCUT2D eigenvalue weighted by Crippen LogP contribution is 2.30. The standard InChI is InChI=1S/C20H19N3O4/c1-27-12-6-7-17-15(10-12)13-8-9-23(11-18(13)21-17)20(26)22-16-5-3-2-4-14(16)19(24)25/h2-7,10,21H,8-9,11H2,1H3,(H,22,26)(H,24,25)/p-1. The van der Waals surface area contributed by atoms with Gasteiger partial charge in [-0.25, -0.2) is 4.79 Å². The van der Waals surface area contributed by atoms with E-state index in [2.05, 4.69) is 10.3 Å². The number of rotatable bonds is 3. The molecule has 0 aliphatic carbocycles. The number of H-pyrrole nitrogens is 1. The average molecular weight is 364 g/mol. The number of fused-ring (bicyclic) bond motifs is 3. The van der Waals surface area contributed by atoms with Crippen LogP contribution in [0.4, 0.5) is 10.5 Å². The van der Waals surface area contributed by atoms with E-state index in [1.165, 1.54) is 11.6 Å². The Morgan fingerprint density at radius 3 is 2.81 bits per heavy atom. The molecule has 4 rings (SSSR count). The van der Waals surface area contributed by atoms with E-state index < -0.39 is 5.97 Å². The number of aromatic nitrogens is 1. The summed E-state index contributed by atoms with van der Waals surface area (Å²) in [6.45, 7) is 0.960. The molecule has 3 aromatic rings. The van der Waals surface area contributed by atoms with Crippen molar-refractivity contribution in [2.45, 2.75) is 13.0 Å². The number of carboxylic acids is 1. The van der Waals surface area contributed by atoms with E-state index in [-0.39, 0.29) is 17.3 Å². The number of nitrogens with one attached hydrogen (secondary N) is 2. The first-order chi connectivity index (χ1) is 13.1. The van der Waals surface area contributed by atoms with Crippen LogP contribution in [-0.4, -0.2) is 35.5 Å². The number of methoxy groups -OCH3 is 1. The highest BCUT2D eigenvalue weighted by molar-refractivity contribution is 5.99. The third-order valence-corrected chi connectivity index (χ3v) is 4.86. The zero-order valence-corrected chi connectivity index (χ0v) is 14.7. The number of hydrogen-bond donors (Lipinski definition) is 2. The topological polar surface area (TPSA) is 97.5 Å². The van der Waals surface area contributed by atoms with E-state index in [1.54, 1.807) is 30.2 Å². The maximum atomic E-state index is 12.6. The van der Waals surface area contributed by atoms with Crippen molar-refractivity contribution >= 4 is 28.6 Å². The number of carboxylic acid groups (broad SMARTS) is 1. The van der Waals surface area contributed by atoms with Gasteiger partial charge in [0.25, 0.3) is 0 Å². The van der Waals surface area contributed by atoms with Gasteiger partial charge in [0.1, 0.15) is 5.75 Å². The number of aromatic amines is 1. The van der Waals surface area contributed by atoms with E-state index in [0.717, 1.165) is 22.3 Å². The first-order valence-electron chi connectivity index (χ1n) is 8.60. The van der Waals surface area contributed by atoms with E-state index in [1.807, 2.05) is 18.2 Å². The van der Waals surface area contributed by atoms with Gasteiger partial charge in [-0.3, -0.25) is 0 Å². The first-order valence-corrected chi connectivity index (χ1v) is 8.60. The minimum absolute atomic E-state index is 0.0405. The van der Waals surface area contributed by atoms with Crippen LogP contribution >= 0.6 is 0 Å². The molecular weight excluding hydrogens is 346 g/mol. The van der Waals surface area contributed by atoms with Crippen LogP contribution in [0.3, 0.4) is 0 Å². The third kappa shape index (κ3) is 3.08. The summed E-state index contributed by atoms with van der Waals surface area (Å²) in [5.41, 5.74) is 3.36. The van der Waals surface area contributed by atoms with Crippen molar-refractivity contribution in [3.8, 4) is 5.75 Å². The van der Waals surface area contributed by atoms with Crippen molar-refractivity contribution in [2.75, 3.05) is 19.0 Å². The highest BCUT2D eigenvalue weighted by atomic mass is 16.5. The molecule has 2 aromatic carbocycles. The van der Waals surface area contributed by atoms with Crippen LogP contribution in [0.1, 0.15) is 21.6 Å². The summed E-state index contributed by atoms with van der Waals surface area (Å²) in [4.78, 5) is 28.9. The Morgan fingerprint density at radius 1 is 1.22 bits per heavy atom. The van der Waals surface area contributed by atoms with E-state index in [9.17, 15) is 14.7 Å². The van der Waals surface area contributed by atoms with Crippen LogP contribution in [0.5, 0.6) is 5.75 Å². The molecule has 0 saturated carbocycles. The Labute approximate surface area is 155 Å². The van der Waals surface area contributed by atoms with Gasteiger partial charge in [-0.15, -0.1) is 0 Å². The second-order valence-corrected chi connectivity index (χ2v) is 6.43. The molecule has 0 unspecified atom stereocenters. The average Bonchev–Trinajstić information content (AvgIpc) is 3.05. The number of urea groups is 1. The molecule has 0 fully saturated rings. The van der Waals surface area contributed by atoms with Gasteiger partial charge < -0.3 is 29.8 Å². The van der Waals surface area contributed by atoms with Gasteiger partial charge in [-0.1, -0.05) is 18.2 Å². The van der Waals surface area contributed by atoms with Crippen molar-refractivity contribution in [3.63, 3.8) is 0 Å². The number of amides is 2. The smallest absolute Gasteiger partial charge is 0.322 e. The normalized spacial score (nSPS) is 13.3. The zero-order valence-electron chi connectivity index (χ0n) is 14.7. The van der Waals surface area contributed by atoms with Gasteiger partial charge >= 0.3 is 6.03 Å². The van der Waals surface area contributed by atoms with Crippen molar-refractivity contribution in [3.05, 3.63) is 59.3 Å². The molecule has 0 saturated heterocycles. The summed E-state index contributed by atoms with van der Waals surface area (Å²) in [6, 6.07) is 11.7. The van der Waals surface area contributed by atoms with Crippen molar-refractivity contribution in [1.82, 2.24) is 9.88 Å². The summed E-state index contributed by atoms with van der Waals surface area (Å²) in [6.07, 6.45) is 0.706. The molecule has 0 radical (unpaired) electrons. The lowest BCUT2D eigenvalue weighted by Gasteiger charge is -2.27. The SMILES string of the molecule is COc1ccc2[nH]c3c(c2c1)CCN(C(=O)Nc1ccccc1C(=O)[O-])C3. The van der Waals surface area contributed by atoms with Crippen molar-refractivity contribution in [1.29, 1.82) is 0 Å². The largest absolute Gasteiger partial charge is 0.545 e. The highest BCUT2D eigenvalue weighted by Gasteiger charge is 2.24. The van der Waals surface area contributed by atoms with Crippen molar-refractivity contribution < 1.29 is 19.4 Å². The van der Waals surface area contributed by atoms with Crippen LogP contribution in [0.2, 0.25) is 0 Å². The van der Waals surface area contributed by atoms with Crippen LogP contribution in [0, 0.1) is 0 Å². The minimum atomic E-state index is -1.32. The number of carbonyl (C=O) groups is 2. The number of carbonyl (C=O) groups excluding carboxylic acids is 2. The monoisotopic (exact) mass is 364 g/mol. The Kier molecular flexibility index (Phi) is 4.19. The van der Waals surface area contributed by atoms with E-state index >= 15 is 0 Å². The second-order valence-electron chi connectivity index (χ2n) is 6.43. The molecular formula is C20H18N3O4-. The molecule has 1 aromatic heterocycles. The molecule has 138 valence electrons. The lowest BCUT2D eigenvalue weighted by Crippen LogP contribution is -2.39. The summed E-state index contributed by atoms with van der Waals surface area (Å²) in [5.74, 6) is -0.528. The van der Waals surface area contributed by atoms with Gasteiger partial charge in [0, 0.05) is 28.7 Å². The van der Waals surface area contributed by atoms with Gasteiger partial charge in [-0.05, 0) is 36.2 Å². The fourth-order valence-electron chi connectivity index (χ4n) is 3.48. The van der Waals surface area contributed by atoms with Crippen LogP contribution in [-0.2, 0) is 13.0 Å². The molecule has 27 heavy (non-hydrogen) atoms. The molecule has 0 atom stereocenters. The van der Waals surface area contributed by atoms with Crippen LogP contribution in [0.25, 0.3) is 10.9 Å². The Balaban J connectivity index is 1.56. The quantitative estimate of drug-likeness (QED) is 0.744. The zero-order chi connectivity index (χ0) is 19.0. The summed E-state index contributed by atoms with van der Waals surface area (Å²) in [7, 11) is 1.64. The molecule has 2 amide bonds. The molecule has 7 heteroatoms. The number of hydrogen-bond acceptors (Lipinski definition) is 4. The molecule has 0 bridgehead atoms. The number of anilines is 1. The third-order valence-electron chi connectivity index (χ3n) is 4.86. The number of para-hydroxylation sites is 1. The predicted molar refractivity (Wildman–Crippen MR) is 98.8 cm³/mol. The first kappa shape index (κ1) is 17.0. The van der Waals surface area contributed by atoms with Gasteiger partial charge in [0.15, 0.2) is 0 Å². The van der Waals surface area contributed by atoms with Gasteiger partial charge in [0.05, 0.1) is 25.3 Å². The van der Waals surface area contributed by atoms with Gasteiger partial charge in [-0.2, -0.15) is 0 Å². The predicted octanol–water partition coefficient (Wildman–Crippen LogP) is 2.13. The number of nitrogens with zero attached hydrogens (tertiary/aromatic N) is 1. The van der Waals surface area contributed by atoms with Gasteiger partial charge in [0.2, 0.25) is 0 Å². The number of ether oxygens (including phenoxy) is 1. The van der Waals surface area contributed by atoms with Crippen LogP contribution in [0.15, 0.2) is 42.5 Å². The van der Waals surface area contributed by atoms with E-state index in [0.29, 0.717) is 19.5 Å². The number of benzene rings is 2. The fraction of sp³-hybridized carbons (Fsp3) is 0.200. The van der Waals surface area contributed by atoms with Crippen molar-refractivity contribution in [2.24, 2.45) is 0 Å². The molecule has 2 N–H and O–H groups in total. The molecule has 1 aliphatic heterocycles. The molecule has 7 nitrogen and oxygen atoms in total. The van der Waals surface area contributed by atoms with E-state index in [4.69, 9.17) is 4.74 Å². The minimum Gasteiger partial charge on any atom is -0.545 e. The summed E-state index contributed by atoms with van der Waals surface area (Å²) in [5, 5.41) is 15.0. The second kappa shape index (κ2) is 6.68. The van der Waals surface area contributed by atoms with Crippen LogP contribution < -0.4 is 15.2 Å². The molecule has 0 spiro atoms. The lowest BCUT2D eigenvalue weighted by atomic mass is 10.0. The lowest BCUT2D eigenvalue weighted by molar-refractivity contribution is -0.254. The Hall–Kier alpha value is -3.48. The molecule has 1 aliphatic rings. The number of aromatic carboxylic acids is 1.